The topological polar surface area (TPSA) is 76.4 Å². The summed E-state index contributed by atoms with van der Waals surface area (Å²) in [5.41, 5.74) is 3.15. The van der Waals surface area contributed by atoms with Crippen LogP contribution in [-0.4, -0.2) is 50.3 Å². The largest absolute Gasteiger partial charge is 0.416 e. The molecule has 2 aromatic heterocycles. The van der Waals surface area contributed by atoms with Gasteiger partial charge in [-0.15, -0.1) is 10.2 Å². The molecular formula is C31H29F3N6O2. The fourth-order valence-electron chi connectivity index (χ4n) is 6.33. The summed E-state index contributed by atoms with van der Waals surface area (Å²) in [6.07, 6.45) is 0.154. The quantitative estimate of drug-likeness (QED) is 0.339. The van der Waals surface area contributed by atoms with Crippen molar-refractivity contribution < 1.29 is 22.7 Å². The van der Waals surface area contributed by atoms with Crippen molar-refractivity contribution in [2.75, 3.05) is 24.7 Å². The molecule has 11 heteroatoms. The number of carbonyl (C=O) groups excluding carboxylic acids is 1. The number of hydrogen-bond acceptors (Lipinski definition) is 6. The molecule has 1 saturated heterocycles. The van der Waals surface area contributed by atoms with Gasteiger partial charge in [-0.05, 0) is 52.6 Å². The number of aromatic nitrogens is 4. The molecular weight excluding hydrogens is 545 g/mol. The summed E-state index contributed by atoms with van der Waals surface area (Å²) in [7, 11) is 1.88. The fourth-order valence-corrected chi connectivity index (χ4v) is 6.33. The second-order valence-corrected chi connectivity index (χ2v) is 11.5. The third-order valence-corrected chi connectivity index (χ3v) is 8.68. The van der Waals surface area contributed by atoms with Gasteiger partial charge < -0.3 is 14.2 Å². The molecule has 3 aliphatic heterocycles. The number of alkyl halides is 3. The molecule has 0 spiro atoms. The van der Waals surface area contributed by atoms with Gasteiger partial charge in [0.25, 0.3) is 5.91 Å². The first-order valence-corrected chi connectivity index (χ1v) is 13.9. The number of anilines is 1. The van der Waals surface area contributed by atoms with Crippen molar-refractivity contribution in [2.45, 2.75) is 44.1 Å². The lowest BCUT2D eigenvalue weighted by atomic mass is 9.75. The van der Waals surface area contributed by atoms with E-state index in [1.54, 1.807) is 24.7 Å². The highest BCUT2D eigenvalue weighted by Gasteiger charge is 2.43. The number of hydrogen-bond donors (Lipinski definition) is 0. The zero-order valence-electron chi connectivity index (χ0n) is 23.1. The minimum Gasteiger partial charge on any atom is -0.379 e. The lowest BCUT2D eigenvalue weighted by Crippen LogP contribution is -2.49. The highest BCUT2D eigenvalue weighted by molar-refractivity contribution is 6.10. The Morgan fingerprint density at radius 1 is 1.07 bits per heavy atom. The van der Waals surface area contributed by atoms with E-state index in [-0.39, 0.29) is 23.1 Å². The van der Waals surface area contributed by atoms with Gasteiger partial charge >= 0.3 is 6.18 Å². The van der Waals surface area contributed by atoms with Crippen molar-refractivity contribution in [2.24, 2.45) is 7.05 Å². The summed E-state index contributed by atoms with van der Waals surface area (Å²) < 4.78 is 50.5. The van der Waals surface area contributed by atoms with Crippen LogP contribution in [0.3, 0.4) is 0 Å². The van der Waals surface area contributed by atoms with Crippen LogP contribution in [0.25, 0.3) is 0 Å². The zero-order valence-corrected chi connectivity index (χ0v) is 23.1. The third kappa shape index (κ3) is 4.66. The van der Waals surface area contributed by atoms with Crippen LogP contribution >= 0.6 is 0 Å². The summed E-state index contributed by atoms with van der Waals surface area (Å²) in [5, 5.41) is 8.20. The summed E-state index contributed by atoms with van der Waals surface area (Å²) in [6, 6.07) is 14.2. The smallest absolute Gasteiger partial charge is 0.379 e. The van der Waals surface area contributed by atoms with Crippen LogP contribution < -0.4 is 4.90 Å². The van der Waals surface area contributed by atoms with Gasteiger partial charge in [-0.1, -0.05) is 18.2 Å². The van der Waals surface area contributed by atoms with Crippen LogP contribution in [-0.2, 0) is 55.9 Å². The van der Waals surface area contributed by atoms with E-state index in [1.807, 2.05) is 41.9 Å². The molecule has 0 N–H and O–H groups in total. The monoisotopic (exact) mass is 574 g/mol. The molecule has 0 aliphatic carbocycles. The molecule has 2 aromatic carbocycles. The van der Waals surface area contributed by atoms with Gasteiger partial charge in [0.1, 0.15) is 12.2 Å². The van der Waals surface area contributed by atoms with Crippen molar-refractivity contribution in [3.8, 4) is 0 Å². The maximum Gasteiger partial charge on any atom is 0.416 e. The summed E-state index contributed by atoms with van der Waals surface area (Å²) in [4.78, 5) is 21.7. The highest BCUT2D eigenvalue weighted by atomic mass is 19.4. The van der Waals surface area contributed by atoms with Crippen molar-refractivity contribution in [1.82, 2.24) is 24.6 Å². The van der Waals surface area contributed by atoms with Gasteiger partial charge in [-0.25, -0.2) is 0 Å². The molecule has 216 valence electrons. The first-order chi connectivity index (χ1) is 20.2. The van der Waals surface area contributed by atoms with E-state index in [4.69, 9.17) is 4.74 Å². The zero-order chi connectivity index (χ0) is 29.1. The number of carbonyl (C=O) groups is 1. The molecule has 42 heavy (non-hydrogen) atoms. The summed E-state index contributed by atoms with van der Waals surface area (Å²) in [5.74, 6) is 0.388. The van der Waals surface area contributed by atoms with Gasteiger partial charge in [0.2, 0.25) is 0 Å². The normalized spacial score (nSPS) is 18.1. The van der Waals surface area contributed by atoms with E-state index in [9.17, 15) is 18.0 Å². The van der Waals surface area contributed by atoms with Gasteiger partial charge in [-0.3, -0.25) is 14.7 Å². The average Bonchev–Trinajstić information content (AvgIpc) is 3.51. The lowest BCUT2D eigenvalue weighted by molar-refractivity contribution is -0.138. The Hall–Kier alpha value is -4.09. The van der Waals surface area contributed by atoms with Gasteiger partial charge in [0, 0.05) is 68.1 Å². The SMILES string of the molecule is Cn1cnnc1CC1(c2cccc(N3Cc4c(cc(CN5CCc6ncccc6C5)cc4C(F)(F)F)C3=O)c2)COC1. The van der Waals surface area contributed by atoms with E-state index >= 15 is 0 Å². The number of nitrogens with zero attached hydrogens (tertiary/aromatic N) is 6. The number of pyridine rings is 1. The van der Waals surface area contributed by atoms with Gasteiger partial charge in [0.05, 0.1) is 25.3 Å². The molecule has 0 saturated carbocycles. The number of benzene rings is 2. The predicted octanol–water partition coefficient (Wildman–Crippen LogP) is 4.46. The van der Waals surface area contributed by atoms with Crippen LogP contribution in [0.1, 0.15) is 49.7 Å². The minimum atomic E-state index is -4.58. The number of fused-ring (bicyclic) bond motifs is 2. The van der Waals surface area contributed by atoms with E-state index in [0.717, 1.165) is 29.1 Å². The van der Waals surface area contributed by atoms with Gasteiger partial charge in [-0.2, -0.15) is 13.2 Å². The van der Waals surface area contributed by atoms with Crippen molar-refractivity contribution in [3.05, 3.63) is 106 Å². The summed E-state index contributed by atoms with van der Waals surface area (Å²) >= 11 is 0. The molecule has 0 radical (unpaired) electrons. The van der Waals surface area contributed by atoms with Gasteiger partial charge in [0.15, 0.2) is 0 Å². The molecule has 4 aromatic rings. The lowest BCUT2D eigenvalue weighted by Gasteiger charge is -2.42. The number of rotatable bonds is 6. The van der Waals surface area contributed by atoms with E-state index < -0.39 is 17.6 Å². The van der Waals surface area contributed by atoms with Crippen molar-refractivity contribution in [3.63, 3.8) is 0 Å². The number of aryl methyl sites for hydroxylation is 1. The Morgan fingerprint density at radius 3 is 2.67 bits per heavy atom. The van der Waals surface area contributed by atoms with Crippen LogP contribution in [0.5, 0.6) is 0 Å². The number of ether oxygens (including phenoxy) is 1. The Balaban J connectivity index is 1.18. The fraction of sp³-hybridized carbons (Fsp3) is 0.355. The maximum atomic E-state index is 14.4. The molecule has 5 heterocycles. The second-order valence-electron chi connectivity index (χ2n) is 11.5. The Bertz CT molecular complexity index is 1680. The van der Waals surface area contributed by atoms with Crippen LogP contribution in [0.4, 0.5) is 18.9 Å². The second kappa shape index (κ2) is 10.0. The molecule has 1 fully saturated rings. The Kier molecular flexibility index (Phi) is 6.39. The highest BCUT2D eigenvalue weighted by Crippen LogP contribution is 2.42. The standard InChI is InChI=1S/C31H29F3N6O2/c1-38-19-36-37-28(38)13-30(17-42-18-30)22-5-2-6-23(12-22)40-16-25-24(29(40)41)10-20(11-26(25)31(32,33)34)14-39-9-7-27-21(15-39)4-3-8-35-27/h2-6,8,10-12,19H,7,9,13-18H2,1H3. The Morgan fingerprint density at radius 2 is 1.93 bits per heavy atom. The van der Waals surface area contributed by atoms with Crippen LogP contribution in [0.15, 0.2) is 61.1 Å². The third-order valence-electron chi connectivity index (χ3n) is 8.68. The molecule has 1 amide bonds. The van der Waals surface area contributed by atoms with E-state index in [1.165, 1.54) is 11.0 Å². The molecule has 8 nitrogen and oxygen atoms in total. The van der Waals surface area contributed by atoms with Crippen LogP contribution in [0, 0.1) is 0 Å². The number of amides is 1. The Labute approximate surface area is 240 Å². The first kappa shape index (κ1) is 26.8. The first-order valence-electron chi connectivity index (χ1n) is 13.9. The average molecular weight is 575 g/mol. The van der Waals surface area contributed by atoms with Crippen molar-refractivity contribution in [1.29, 1.82) is 0 Å². The minimum absolute atomic E-state index is 0.0237. The summed E-state index contributed by atoms with van der Waals surface area (Å²) in [6.45, 7) is 2.44. The molecule has 3 aliphatic rings. The predicted molar refractivity (Wildman–Crippen MR) is 148 cm³/mol. The molecule has 0 atom stereocenters. The van der Waals surface area contributed by atoms with E-state index in [0.29, 0.717) is 50.5 Å². The van der Waals surface area contributed by atoms with Crippen LogP contribution in [0.2, 0.25) is 0 Å². The molecule has 0 bridgehead atoms. The number of halogens is 3. The molecule has 7 rings (SSSR count). The molecule has 0 unspecified atom stereocenters. The van der Waals surface area contributed by atoms with E-state index in [2.05, 4.69) is 20.1 Å². The maximum absolute atomic E-state index is 14.4. The van der Waals surface area contributed by atoms with Crippen molar-refractivity contribution >= 4 is 11.6 Å².